The number of phosphoric ester groups is 1. The monoisotopic (exact) mass is 608 g/mol. The normalized spacial score (nSPS) is 18.8. The number of methoxy groups -OCH3 is 2. The van der Waals surface area contributed by atoms with Gasteiger partial charge in [-0.3, -0.25) is 14.3 Å². The highest BCUT2D eigenvalue weighted by molar-refractivity contribution is 7.43. The molecule has 3 atom stereocenters. The average Bonchev–Trinajstić information content (AvgIpc) is 3.39. The van der Waals surface area contributed by atoms with Crippen molar-refractivity contribution in [2.24, 2.45) is 0 Å². The van der Waals surface area contributed by atoms with Gasteiger partial charge < -0.3 is 37.8 Å². The van der Waals surface area contributed by atoms with Crippen LogP contribution in [0.3, 0.4) is 0 Å². The number of aromatic amines is 1. The van der Waals surface area contributed by atoms with Gasteiger partial charge in [-0.25, -0.2) is 4.79 Å². The predicted octanol–water partition coefficient (Wildman–Crippen LogP) is 2.06. The SMILES string of the molecule is COc1ccc(C(OC[C@H]2O[C@@H](n3ccc(=O)[nH]c3=O)C[C@@H]2OP(=O)([O-])[O-])(c2ccccc2)c2ccc(OC)cc2)cc1. The zero-order chi connectivity index (χ0) is 30.6. The van der Waals surface area contributed by atoms with Crippen molar-refractivity contribution in [1.29, 1.82) is 0 Å². The molecular formula is C30H29N2O10P-2. The molecule has 0 amide bonds. The van der Waals surface area contributed by atoms with Gasteiger partial charge in [-0.2, -0.15) is 0 Å². The molecule has 0 unspecified atom stereocenters. The van der Waals surface area contributed by atoms with E-state index in [-0.39, 0.29) is 13.0 Å². The molecular weight excluding hydrogens is 579 g/mol. The Morgan fingerprint density at radius 2 is 1.44 bits per heavy atom. The molecule has 1 aliphatic heterocycles. The second-order valence-electron chi connectivity index (χ2n) is 9.79. The highest BCUT2D eigenvalue weighted by atomic mass is 31.2. The Morgan fingerprint density at radius 3 is 1.95 bits per heavy atom. The van der Waals surface area contributed by atoms with E-state index in [0.29, 0.717) is 22.6 Å². The zero-order valence-electron chi connectivity index (χ0n) is 23.3. The molecule has 1 aromatic heterocycles. The van der Waals surface area contributed by atoms with Gasteiger partial charge in [0.1, 0.15) is 29.4 Å². The average molecular weight is 609 g/mol. The van der Waals surface area contributed by atoms with Gasteiger partial charge in [-0.05, 0) is 41.0 Å². The lowest BCUT2D eigenvalue weighted by molar-refractivity contribution is -0.345. The van der Waals surface area contributed by atoms with Crippen molar-refractivity contribution in [2.45, 2.75) is 30.5 Å². The molecule has 0 saturated carbocycles. The van der Waals surface area contributed by atoms with Gasteiger partial charge in [0.25, 0.3) is 5.56 Å². The van der Waals surface area contributed by atoms with Gasteiger partial charge in [0, 0.05) is 18.7 Å². The van der Waals surface area contributed by atoms with Gasteiger partial charge in [0.05, 0.1) is 34.8 Å². The molecule has 4 aromatic rings. The maximum absolute atomic E-state index is 12.5. The Bertz CT molecular complexity index is 1640. The zero-order valence-corrected chi connectivity index (χ0v) is 24.2. The van der Waals surface area contributed by atoms with Crippen molar-refractivity contribution in [1.82, 2.24) is 9.55 Å². The summed E-state index contributed by atoms with van der Waals surface area (Å²) < 4.78 is 41.2. The highest BCUT2D eigenvalue weighted by Gasteiger charge is 2.43. The van der Waals surface area contributed by atoms with Crippen molar-refractivity contribution in [2.75, 3.05) is 20.8 Å². The predicted molar refractivity (Wildman–Crippen MR) is 151 cm³/mol. The first-order valence-corrected chi connectivity index (χ1v) is 14.7. The molecule has 226 valence electrons. The second-order valence-corrected chi connectivity index (χ2v) is 10.9. The molecule has 5 rings (SSSR count). The van der Waals surface area contributed by atoms with Crippen LogP contribution in [0.2, 0.25) is 0 Å². The van der Waals surface area contributed by atoms with E-state index in [2.05, 4.69) is 4.98 Å². The number of nitrogens with zero attached hydrogens (tertiary/aromatic N) is 1. The summed E-state index contributed by atoms with van der Waals surface area (Å²) in [6.07, 6.45) is -2.35. The number of hydrogen-bond donors (Lipinski definition) is 1. The van der Waals surface area contributed by atoms with E-state index in [1.807, 2.05) is 54.6 Å². The van der Waals surface area contributed by atoms with Gasteiger partial charge in [-0.15, -0.1) is 0 Å². The van der Waals surface area contributed by atoms with Crippen molar-refractivity contribution in [3.8, 4) is 11.5 Å². The van der Waals surface area contributed by atoms with Crippen LogP contribution in [0.4, 0.5) is 0 Å². The van der Waals surface area contributed by atoms with E-state index >= 15 is 0 Å². The van der Waals surface area contributed by atoms with Crippen LogP contribution in [0, 0.1) is 0 Å². The minimum Gasteiger partial charge on any atom is -0.790 e. The maximum atomic E-state index is 12.5. The van der Waals surface area contributed by atoms with Crippen molar-refractivity contribution >= 4 is 7.82 Å². The summed E-state index contributed by atoms with van der Waals surface area (Å²) in [6, 6.07) is 25.1. The third-order valence-electron chi connectivity index (χ3n) is 7.24. The highest BCUT2D eigenvalue weighted by Crippen LogP contribution is 2.44. The Kier molecular flexibility index (Phi) is 8.97. The van der Waals surface area contributed by atoms with Gasteiger partial charge in [0.15, 0.2) is 0 Å². The van der Waals surface area contributed by atoms with Crippen LogP contribution >= 0.6 is 7.82 Å². The second kappa shape index (κ2) is 12.7. The van der Waals surface area contributed by atoms with Crippen LogP contribution in [0.5, 0.6) is 11.5 Å². The molecule has 1 saturated heterocycles. The first kappa shape index (κ1) is 30.4. The molecule has 0 bridgehead atoms. The fourth-order valence-electron chi connectivity index (χ4n) is 5.23. The summed E-state index contributed by atoms with van der Waals surface area (Å²) >= 11 is 0. The minimum atomic E-state index is -5.46. The van der Waals surface area contributed by atoms with E-state index in [1.54, 1.807) is 38.5 Å². The molecule has 1 aliphatic rings. The molecule has 13 heteroatoms. The number of phosphoric acid groups is 1. The van der Waals surface area contributed by atoms with Crippen LogP contribution in [0.25, 0.3) is 0 Å². The number of rotatable bonds is 11. The molecule has 2 heterocycles. The topological polar surface area (TPSA) is 164 Å². The van der Waals surface area contributed by atoms with Crippen LogP contribution in [0.15, 0.2) is 101 Å². The fourth-order valence-corrected chi connectivity index (χ4v) is 5.79. The largest absolute Gasteiger partial charge is 0.790 e. The number of hydrogen-bond acceptors (Lipinski definition) is 10. The van der Waals surface area contributed by atoms with Crippen molar-refractivity contribution in [3.05, 3.63) is 129 Å². The Morgan fingerprint density at radius 1 is 0.884 bits per heavy atom. The number of aromatic nitrogens is 2. The fraction of sp³-hybridized carbons (Fsp3) is 0.267. The third-order valence-corrected chi connectivity index (χ3v) is 7.77. The first-order valence-electron chi connectivity index (χ1n) is 13.3. The van der Waals surface area contributed by atoms with E-state index in [0.717, 1.165) is 16.2 Å². The van der Waals surface area contributed by atoms with Crippen molar-refractivity contribution < 1.29 is 37.8 Å². The maximum Gasteiger partial charge on any atom is 0.330 e. The quantitative estimate of drug-likeness (QED) is 0.197. The summed E-state index contributed by atoms with van der Waals surface area (Å²) in [5, 5.41) is 0. The smallest absolute Gasteiger partial charge is 0.330 e. The lowest BCUT2D eigenvalue weighted by Gasteiger charge is -2.38. The molecule has 1 N–H and O–H groups in total. The first-order chi connectivity index (χ1) is 20.6. The summed E-state index contributed by atoms with van der Waals surface area (Å²) in [4.78, 5) is 49.6. The van der Waals surface area contributed by atoms with E-state index in [4.69, 9.17) is 23.5 Å². The summed E-state index contributed by atoms with van der Waals surface area (Å²) in [5.74, 6) is 1.26. The molecule has 0 radical (unpaired) electrons. The van der Waals surface area contributed by atoms with Crippen LogP contribution in [0.1, 0.15) is 29.3 Å². The van der Waals surface area contributed by atoms with E-state index in [9.17, 15) is 23.9 Å². The molecule has 0 spiro atoms. The lowest BCUT2D eigenvalue weighted by atomic mass is 9.80. The van der Waals surface area contributed by atoms with E-state index in [1.165, 1.54) is 6.20 Å². The van der Waals surface area contributed by atoms with Crippen LogP contribution in [-0.2, 0) is 24.2 Å². The Balaban J connectivity index is 1.58. The van der Waals surface area contributed by atoms with E-state index < -0.39 is 43.1 Å². The van der Waals surface area contributed by atoms with Gasteiger partial charge in [-0.1, -0.05) is 54.6 Å². The lowest BCUT2D eigenvalue weighted by Crippen LogP contribution is -2.39. The molecule has 43 heavy (non-hydrogen) atoms. The molecule has 3 aromatic carbocycles. The Labute approximate surface area is 246 Å². The number of benzene rings is 3. The molecule has 0 aliphatic carbocycles. The number of H-pyrrole nitrogens is 1. The van der Waals surface area contributed by atoms with Gasteiger partial charge in [0.2, 0.25) is 0 Å². The minimum absolute atomic E-state index is 0.169. The van der Waals surface area contributed by atoms with Crippen molar-refractivity contribution in [3.63, 3.8) is 0 Å². The number of nitrogens with one attached hydrogen (secondary N) is 1. The standard InChI is InChI=1S/C30H31N2O10P/c1-38-23-12-8-21(9-13-23)30(20-6-4-3-5-7-20,22-10-14-24(39-2)15-11-22)40-19-26-25(42-43(35,36)37)18-28(41-26)32-17-16-27(33)31-29(32)34/h3-17,25-26,28H,18-19H2,1-2H3,(H,31,33,34)(H2,35,36,37)/p-2/t25-,26+,28+/m0/s1. The summed E-state index contributed by atoms with van der Waals surface area (Å²) in [5.41, 5.74) is -0.465. The summed E-state index contributed by atoms with van der Waals surface area (Å²) in [6.45, 7) is -0.258. The summed E-state index contributed by atoms with van der Waals surface area (Å²) in [7, 11) is -2.33. The molecule has 1 fully saturated rings. The van der Waals surface area contributed by atoms with Crippen LogP contribution in [-0.4, -0.2) is 42.6 Å². The number of ether oxygens (including phenoxy) is 4. The Hall–Kier alpha value is -4.03. The van der Waals surface area contributed by atoms with Crippen LogP contribution < -0.4 is 30.5 Å². The third kappa shape index (κ3) is 6.65. The molecule has 12 nitrogen and oxygen atoms in total. The van der Waals surface area contributed by atoms with Gasteiger partial charge >= 0.3 is 5.69 Å².